The van der Waals surface area contributed by atoms with Crippen LogP contribution in [-0.4, -0.2) is 15.1 Å². The zero-order valence-corrected chi connectivity index (χ0v) is 5.93. The molecule has 1 N–H and O–H groups in total. The Hall–Kier alpha value is -0.770. The van der Waals surface area contributed by atoms with Gasteiger partial charge in [-0.3, -0.25) is 4.79 Å². The molecule has 1 heterocycles. The van der Waals surface area contributed by atoms with Crippen LogP contribution in [0.5, 0.6) is 0 Å². The van der Waals surface area contributed by atoms with E-state index in [9.17, 15) is 4.79 Å². The van der Waals surface area contributed by atoms with Gasteiger partial charge in [-0.2, -0.15) is 0 Å². The van der Waals surface area contributed by atoms with Gasteiger partial charge in [0.1, 0.15) is 0 Å². The van der Waals surface area contributed by atoms with Gasteiger partial charge in [0, 0.05) is 19.3 Å². The molecule has 1 aromatic heterocycles. The summed E-state index contributed by atoms with van der Waals surface area (Å²) in [5.41, 5.74) is 0. The van der Waals surface area contributed by atoms with Crippen LogP contribution < -0.4 is 0 Å². The Balaban J connectivity index is 0.000000148. The molecule has 0 fully saturated rings. The second-order valence-corrected chi connectivity index (χ2v) is 1.91. The van der Waals surface area contributed by atoms with Crippen molar-refractivity contribution in [2.45, 2.75) is 6.92 Å². The lowest BCUT2D eigenvalue weighted by Gasteiger charge is -1.55. The van der Waals surface area contributed by atoms with Gasteiger partial charge in [0.05, 0.1) is 6.33 Å². The summed E-state index contributed by atoms with van der Waals surface area (Å²) in [5.74, 6) is 0. The zero-order valence-electron chi connectivity index (χ0n) is 5.03. The van der Waals surface area contributed by atoms with Crippen LogP contribution >= 0.6 is 12.6 Å². The highest BCUT2D eigenvalue weighted by atomic mass is 32.1. The molecule has 0 radical (unpaired) electrons. The Bertz CT molecular complexity index is 129. The number of imidazole rings is 1. The first-order valence-electron chi connectivity index (χ1n) is 2.35. The van der Waals surface area contributed by atoms with E-state index in [-0.39, 0.29) is 5.12 Å². The normalized spacial score (nSPS) is 7.33. The third kappa shape index (κ3) is 11.1. The van der Waals surface area contributed by atoms with E-state index >= 15 is 0 Å². The van der Waals surface area contributed by atoms with Gasteiger partial charge in [0.25, 0.3) is 0 Å². The predicted molar refractivity (Wildman–Crippen MR) is 38.3 cm³/mol. The second kappa shape index (κ2) is 5.37. The monoisotopic (exact) mass is 144 g/mol. The van der Waals surface area contributed by atoms with Crippen LogP contribution in [0.1, 0.15) is 6.92 Å². The van der Waals surface area contributed by atoms with Gasteiger partial charge in [0.15, 0.2) is 5.12 Å². The lowest BCUT2D eigenvalue weighted by Crippen LogP contribution is -1.62. The number of aromatic amines is 1. The highest BCUT2D eigenvalue weighted by Crippen LogP contribution is 1.66. The van der Waals surface area contributed by atoms with Crippen molar-refractivity contribution in [1.82, 2.24) is 9.97 Å². The zero-order chi connectivity index (χ0) is 7.11. The number of rotatable bonds is 0. The minimum atomic E-state index is -0.139. The molecule has 1 rings (SSSR count). The van der Waals surface area contributed by atoms with Crippen LogP contribution in [0.3, 0.4) is 0 Å². The summed E-state index contributed by atoms with van der Waals surface area (Å²) in [6, 6.07) is 0. The lowest BCUT2D eigenvalue weighted by atomic mass is 10.9. The van der Waals surface area contributed by atoms with Crippen molar-refractivity contribution in [3.05, 3.63) is 18.7 Å². The molecule has 50 valence electrons. The standard InChI is InChI=1S/C3H4N2.C2H4OS/c1-2-5-3-4-1;1-2(3)4/h1-3H,(H,4,5);1H3,(H,3,4). The number of carbonyl (C=O) groups is 1. The fourth-order valence-electron chi connectivity index (χ4n) is 0.215. The summed E-state index contributed by atoms with van der Waals surface area (Å²) in [4.78, 5) is 15.7. The number of carbonyl (C=O) groups excluding carboxylic acids is 1. The number of nitrogens with zero attached hydrogens (tertiary/aromatic N) is 1. The number of H-pyrrole nitrogens is 1. The molecule has 0 bridgehead atoms. The third-order valence-corrected chi connectivity index (χ3v) is 0.406. The molecule has 0 aromatic carbocycles. The summed E-state index contributed by atoms with van der Waals surface area (Å²) in [6.07, 6.45) is 5.08. The van der Waals surface area contributed by atoms with Gasteiger partial charge >= 0.3 is 0 Å². The minimum Gasteiger partial charge on any atom is -0.351 e. The Morgan fingerprint density at radius 3 is 2.44 bits per heavy atom. The molecule has 0 aliphatic rings. The molecule has 0 atom stereocenters. The molecule has 1 aromatic rings. The van der Waals surface area contributed by atoms with Gasteiger partial charge in [-0.1, -0.05) is 0 Å². The van der Waals surface area contributed by atoms with Crippen molar-refractivity contribution in [2.24, 2.45) is 0 Å². The van der Waals surface area contributed by atoms with Crippen molar-refractivity contribution in [3.63, 3.8) is 0 Å². The number of nitrogens with one attached hydrogen (secondary N) is 1. The van der Waals surface area contributed by atoms with Crippen molar-refractivity contribution in [3.8, 4) is 0 Å². The van der Waals surface area contributed by atoms with Crippen molar-refractivity contribution >= 4 is 17.7 Å². The number of aromatic nitrogens is 2. The maximum absolute atomic E-state index is 9.31. The van der Waals surface area contributed by atoms with Gasteiger partial charge in [-0.25, -0.2) is 4.98 Å². The van der Waals surface area contributed by atoms with Crippen molar-refractivity contribution in [2.75, 3.05) is 0 Å². The molecule has 9 heavy (non-hydrogen) atoms. The first-order chi connectivity index (χ1) is 4.23. The Morgan fingerprint density at radius 1 is 1.78 bits per heavy atom. The average Bonchev–Trinajstić information content (AvgIpc) is 2.11. The van der Waals surface area contributed by atoms with Crippen LogP contribution in [0.2, 0.25) is 0 Å². The predicted octanol–water partition coefficient (Wildman–Crippen LogP) is 0.872. The van der Waals surface area contributed by atoms with E-state index in [1.165, 1.54) is 6.92 Å². The minimum absolute atomic E-state index is 0.139. The second-order valence-electron chi connectivity index (χ2n) is 1.28. The van der Waals surface area contributed by atoms with Crippen molar-refractivity contribution < 1.29 is 4.79 Å². The van der Waals surface area contributed by atoms with E-state index in [0.717, 1.165) is 0 Å². The lowest BCUT2D eigenvalue weighted by molar-refractivity contribution is -0.108. The summed E-state index contributed by atoms with van der Waals surface area (Å²) in [7, 11) is 0. The van der Waals surface area contributed by atoms with Crippen molar-refractivity contribution in [1.29, 1.82) is 0 Å². The fraction of sp³-hybridized carbons (Fsp3) is 0.200. The first-order valence-corrected chi connectivity index (χ1v) is 2.80. The number of thiol groups is 1. The molecule has 0 aliphatic heterocycles. The van der Waals surface area contributed by atoms with E-state index in [1.807, 2.05) is 0 Å². The highest BCUT2D eigenvalue weighted by Gasteiger charge is 1.63. The molecule has 0 spiro atoms. The molecular weight excluding hydrogens is 136 g/mol. The molecule has 0 saturated carbocycles. The quantitative estimate of drug-likeness (QED) is 0.531. The van der Waals surface area contributed by atoms with Crippen LogP contribution in [0.4, 0.5) is 0 Å². The highest BCUT2D eigenvalue weighted by molar-refractivity contribution is 7.96. The maximum atomic E-state index is 9.31. The molecular formula is C5H8N2OS. The van der Waals surface area contributed by atoms with E-state index in [1.54, 1.807) is 18.7 Å². The summed E-state index contributed by atoms with van der Waals surface area (Å²) in [5, 5.41) is -0.139. The molecule has 0 aliphatic carbocycles. The van der Waals surface area contributed by atoms with Gasteiger partial charge < -0.3 is 4.98 Å². The number of hydrogen-bond donors (Lipinski definition) is 2. The van der Waals surface area contributed by atoms with E-state index < -0.39 is 0 Å². The molecule has 0 saturated heterocycles. The maximum Gasteiger partial charge on any atom is 0.182 e. The summed E-state index contributed by atoms with van der Waals surface area (Å²) in [6.45, 7) is 1.39. The fourth-order valence-corrected chi connectivity index (χ4v) is 0.215. The molecule has 4 heteroatoms. The van der Waals surface area contributed by atoms with Gasteiger partial charge in [-0.15, -0.1) is 12.6 Å². The Morgan fingerprint density at radius 2 is 2.33 bits per heavy atom. The first kappa shape index (κ1) is 8.23. The summed E-state index contributed by atoms with van der Waals surface area (Å²) >= 11 is 3.33. The Labute approximate surface area is 58.9 Å². The molecule has 0 unspecified atom stereocenters. The van der Waals surface area contributed by atoms with Crippen LogP contribution in [0, 0.1) is 0 Å². The van der Waals surface area contributed by atoms with Crippen LogP contribution in [0.15, 0.2) is 18.7 Å². The van der Waals surface area contributed by atoms with Crippen LogP contribution in [-0.2, 0) is 4.79 Å². The van der Waals surface area contributed by atoms with E-state index in [2.05, 4.69) is 22.6 Å². The largest absolute Gasteiger partial charge is 0.351 e. The molecule has 3 nitrogen and oxygen atoms in total. The SMILES string of the molecule is CC(=O)S.c1c[nH]cn1. The van der Waals surface area contributed by atoms with Gasteiger partial charge in [0.2, 0.25) is 0 Å². The average molecular weight is 144 g/mol. The van der Waals surface area contributed by atoms with E-state index in [0.29, 0.717) is 0 Å². The number of hydrogen-bond acceptors (Lipinski definition) is 2. The Kier molecular flexibility index (Phi) is 4.91. The molecule has 0 amide bonds. The van der Waals surface area contributed by atoms with Gasteiger partial charge in [-0.05, 0) is 0 Å². The van der Waals surface area contributed by atoms with Crippen LogP contribution in [0.25, 0.3) is 0 Å². The topological polar surface area (TPSA) is 45.8 Å². The summed E-state index contributed by atoms with van der Waals surface area (Å²) < 4.78 is 0. The van der Waals surface area contributed by atoms with E-state index in [4.69, 9.17) is 0 Å². The third-order valence-electron chi connectivity index (χ3n) is 0.406. The smallest absolute Gasteiger partial charge is 0.182 e.